The number of sulfonamides is 1. The average Bonchev–Trinajstić information content (AvgIpc) is 2.82. The Bertz CT molecular complexity index is 1180. The molecule has 0 saturated carbocycles. The molecular weight excluding hydrogens is 416 g/mol. The van der Waals surface area contributed by atoms with Gasteiger partial charge in [-0.25, -0.2) is 8.42 Å². The topological polar surface area (TPSA) is 84.9 Å². The number of carbonyl (C=O) groups is 1. The van der Waals surface area contributed by atoms with Crippen LogP contribution in [0.25, 0.3) is 0 Å². The molecule has 0 aromatic heterocycles. The van der Waals surface area contributed by atoms with E-state index in [2.05, 4.69) is 5.32 Å². The van der Waals surface area contributed by atoms with Crippen LogP contribution < -0.4 is 19.1 Å². The van der Waals surface area contributed by atoms with Gasteiger partial charge >= 0.3 is 0 Å². The molecule has 0 radical (unpaired) electrons. The number of amides is 1. The molecular formula is C23H22N2O5S. The van der Waals surface area contributed by atoms with Crippen molar-refractivity contribution in [2.45, 2.75) is 11.0 Å². The van der Waals surface area contributed by atoms with Crippen molar-refractivity contribution in [1.82, 2.24) is 5.32 Å². The van der Waals surface area contributed by atoms with Crippen LogP contribution in [0.5, 0.6) is 11.5 Å². The summed E-state index contributed by atoms with van der Waals surface area (Å²) in [4.78, 5) is 12.8. The maximum atomic E-state index is 13.2. The molecule has 1 heterocycles. The van der Waals surface area contributed by atoms with E-state index in [1.54, 1.807) is 48.5 Å². The number of hydrogen-bond donors (Lipinski definition) is 1. The van der Waals surface area contributed by atoms with Crippen LogP contribution in [0.2, 0.25) is 0 Å². The highest BCUT2D eigenvalue weighted by molar-refractivity contribution is 7.92. The molecule has 0 spiro atoms. The predicted octanol–water partition coefficient (Wildman–Crippen LogP) is 3.08. The summed E-state index contributed by atoms with van der Waals surface area (Å²) in [5, 5.41) is 2.76. The molecule has 0 aliphatic carbocycles. The molecule has 7 nitrogen and oxygen atoms in total. The van der Waals surface area contributed by atoms with Crippen molar-refractivity contribution in [3.63, 3.8) is 0 Å². The zero-order valence-electron chi connectivity index (χ0n) is 16.9. The van der Waals surface area contributed by atoms with Gasteiger partial charge in [0.05, 0.1) is 17.8 Å². The minimum absolute atomic E-state index is 0.0648. The van der Waals surface area contributed by atoms with E-state index in [1.165, 1.54) is 19.2 Å². The van der Waals surface area contributed by atoms with Crippen molar-refractivity contribution in [1.29, 1.82) is 0 Å². The number of hydrogen-bond acceptors (Lipinski definition) is 5. The molecule has 1 N–H and O–H groups in total. The van der Waals surface area contributed by atoms with E-state index in [-0.39, 0.29) is 29.7 Å². The minimum Gasteiger partial charge on any atom is -0.486 e. The van der Waals surface area contributed by atoms with Crippen molar-refractivity contribution in [2.24, 2.45) is 0 Å². The van der Waals surface area contributed by atoms with Crippen LogP contribution in [-0.4, -0.2) is 40.6 Å². The van der Waals surface area contributed by atoms with Crippen molar-refractivity contribution in [3.8, 4) is 11.5 Å². The zero-order valence-corrected chi connectivity index (χ0v) is 17.7. The summed E-state index contributed by atoms with van der Waals surface area (Å²) in [7, 11) is -2.47. The molecule has 8 heteroatoms. The average molecular weight is 439 g/mol. The van der Waals surface area contributed by atoms with Crippen LogP contribution in [0.1, 0.15) is 10.4 Å². The van der Waals surface area contributed by atoms with E-state index in [4.69, 9.17) is 9.47 Å². The first-order valence-electron chi connectivity index (χ1n) is 9.76. The zero-order chi connectivity index (χ0) is 21.8. The molecule has 1 amide bonds. The second-order valence-electron chi connectivity index (χ2n) is 7.01. The summed E-state index contributed by atoms with van der Waals surface area (Å²) in [6.45, 7) is 0.462. The number of rotatable bonds is 6. The van der Waals surface area contributed by atoms with E-state index in [1.807, 2.05) is 18.2 Å². The van der Waals surface area contributed by atoms with E-state index in [0.717, 1.165) is 4.31 Å². The van der Waals surface area contributed by atoms with Gasteiger partial charge in [-0.3, -0.25) is 9.10 Å². The van der Waals surface area contributed by atoms with E-state index in [9.17, 15) is 13.2 Å². The number of ether oxygens (including phenoxy) is 2. The lowest BCUT2D eigenvalue weighted by molar-refractivity contribution is 0.0787. The smallest absolute Gasteiger partial charge is 0.264 e. The van der Waals surface area contributed by atoms with Gasteiger partial charge in [0, 0.05) is 7.05 Å². The van der Waals surface area contributed by atoms with Crippen LogP contribution in [0.3, 0.4) is 0 Å². The second kappa shape index (κ2) is 8.69. The number of benzene rings is 3. The predicted molar refractivity (Wildman–Crippen MR) is 117 cm³/mol. The Morgan fingerprint density at radius 1 is 0.968 bits per heavy atom. The Balaban J connectivity index is 1.50. The molecule has 160 valence electrons. The highest BCUT2D eigenvalue weighted by atomic mass is 32.2. The fourth-order valence-electron chi connectivity index (χ4n) is 3.27. The van der Waals surface area contributed by atoms with Crippen LogP contribution in [0.4, 0.5) is 5.69 Å². The Labute approximate surface area is 181 Å². The van der Waals surface area contributed by atoms with Crippen LogP contribution >= 0.6 is 0 Å². The molecule has 3 aromatic carbocycles. The first kappa shape index (κ1) is 20.7. The summed E-state index contributed by atoms with van der Waals surface area (Å²) in [6, 6.07) is 22.2. The summed E-state index contributed by atoms with van der Waals surface area (Å²) in [5.74, 6) is 0.772. The first-order valence-corrected chi connectivity index (χ1v) is 11.2. The normalized spacial score (nSPS) is 15.2. The number of carbonyl (C=O) groups excluding carboxylic acids is 1. The minimum atomic E-state index is -3.93. The van der Waals surface area contributed by atoms with Gasteiger partial charge in [-0.05, 0) is 36.4 Å². The van der Waals surface area contributed by atoms with Gasteiger partial charge in [-0.2, -0.15) is 0 Å². The maximum Gasteiger partial charge on any atom is 0.264 e. The lowest BCUT2D eigenvalue weighted by Gasteiger charge is -2.26. The molecule has 3 aromatic rings. The molecule has 1 unspecified atom stereocenters. The van der Waals surface area contributed by atoms with Crippen molar-refractivity contribution in [3.05, 3.63) is 84.4 Å². The monoisotopic (exact) mass is 438 g/mol. The van der Waals surface area contributed by atoms with Crippen molar-refractivity contribution in [2.75, 3.05) is 24.5 Å². The lowest BCUT2D eigenvalue weighted by Crippen LogP contribution is -2.41. The largest absolute Gasteiger partial charge is 0.486 e. The molecule has 1 atom stereocenters. The van der Waals surface area contributed by atoms with Crippen LogP contribution in [0.15, 0.2) is 83.8 Å². The standard InChI is InChI=1S/C23H22N2O5S/c1-25(17-9-3-2-4-10-17)31(27,28)22-14-8-5-11-19(22)23(26)24-15-18-16-29-20-12-6-7-13-21(20)30-18/h2-14,18H,15-16H2,1H3,(H,24,26). The second-order valence-corrected chi connectivity index (χ2v) is 8.95. The third-order valence-electron chi connectivity index (χ3n) is 4.95. The number of para-hydroxylation sites is 3. The summed E-state index contributed by atoms with van der Waals surface area (Å²) in [6.07, 6.45) is -0.380. The van der Waals surface area contributed by atoms with Crippen molar-refractivity contribution >= 4 is 21.6 Å². The number of nitrogens with one attached hydrogen (secondary N) is 1. The molecule has 1 aliphatic heterocycles. The van der Waals surface area contributed by atoms with Gasteiger partial charge in [0.1, 0.15) is 17.6 Å². The fourth-order valence-corrected chi connectivity index (χ4v) is 4.65. The van der Waals surface area contributed by atoms with Crippen LogP contribution in [0, 0.1) is 0 Å². The molecule has 0 bridgehead atoms. The number of anilines is 1. The quantitative estimate of drug-likeness (QED) is 0.639. The van der Waals surface area contributed by atoms with Crippen LogP contribution in [-0.2, 0) is 10.0 Å². The molecule has 31 heavy (non-hydrogen) atoms. The molecule has 1 aliphatic rings. The Morgan fingerprint density at radius 3 is 2.39 bits per heavy atom. The fraction of sp³-hybridized carbons (Fsp3) is 0.174. The van der Waals surface area contributed by atoms with E-state index in [0.29, 0.717) is 17.2 Å². The molecule has 0 fully saturated rings. The third kappa shape index (κ3) is 4.34. The van der Waals surface area contributed by atoms with Crippen molar-refractivity contribution < 1.29 is 22.7 Å². The van der Waals surface area contributed by atoms with Gasteiger partial charge < -0.3 is 14.8 Å². The van der Waals surface area contributed by atoms with Gasteiger partial charge in [0.25, 0.3) is 15.9 Å². The molecule has 0 saturated heterocycles. The Kier molecular flexibility index (Phi) is 5.81. The maximum absolute atomic E-state index is 13.2. The van der Waals surface area contributed by atoms with E-state index >= 15 is 0 Å². The summed E-state index contributed by atoms with van der Waals surface area (Å²) >= 11 is 0. The van der Waals surface area contributed by atoms with E-state index < -0.39 is 15.9 Å². The highest BCUT2D eigenvalue weighted by Gasteiger charge is 2.27. The SMILES string of the molecule is CN(c1ccccc1)S(=O)(=O)c1ccccc1C(=O)NCC1COc2ccccc2O1. The lowest BCUT2D eigenvalue weighted by atomic mass is 10.2. The highest BCUT2D eigenvalue weighted by Crippen LogP contribution is 2.30. The Morgan fingerprint density at radius 2 is 1.61 bits per heavy atom. The first-order chi connectivity index (χ1) is 15.0. The van der Waals surface area contributed by atoms with Gasteiger partial charge in [0.15, 0.2) is 11.5 Å². The number of nitrogens with zero attached hydrogens (tertiary/aromatic N) is 1. The number of fused-ring (bicyclic) bond motifs is 1. The summed E-state index contributed by atoms with van der Waals surface area (Å²) < 4.78 is 39.1. The molecule has 4 rings (SSSR count). The summed E-state index contributed by atoms with van der Waals surface area (Å²) in [5.41, 5.74) is 0.575. The van der Waals surface area contributed by atoms with Gasteiger partial charge in [0.2, 0.25) is 0 Å². The third-order valence-corrected chi connectivity index (χ3v) is 6.79. The van der Waals surface area contributed by atoms with Gasteiger partial charge in [-0.1, -0.05) is 42.5 Å². The van der Waals surface area contributed by atoms with Gasteiger partial charge in [-0.15, -0.1) is 0 Å². The Hall–Kier alpha value is -3.52.